The lowest BCUT2D eigenvalue weighted by Gasteiger charge is -2.03. The van der Waals surface area contributed by atoms with Crippen LogP contribution in [0.4, 0.5) is 5.82 Å². The van der Waals surface area contributed by atoms with Crippen molar-refractivity contribution >= 4 is 17.2 Å². The molecule has 3 rings (SSSR count). The topological polar surface area (TPSA) is 78.2 Å². The highest BCUT2D eigenvalue weighted by molar-refractivity contribution is 5.97. The summed E-state index contributed by atoms with van der Waals surface area (Å²) in [5, 5.41) is 4.07. The van der Waals surface area contributed by atoms with Gasteiger partial charge in [0, 0.05) is 17.8 Å². The van der Waals surface area contributed by atoms with E-state index < -0.39 is 0 Å². The van der Waals surface area contributed by atoms with Crippen molar-refractivity contribution in [2.45, 2.75) is 6.92 Å². The van der Waals surface area contributed by atoms with Gasteiger partial charge < -0.3 is 10.1 Å². The molecule has 0 aliphatic rings. The van der Waals surface area contributed by atoms with E-state index in [-0.39, 0.29) is 5.91 Å². The van der Waals surface area contributed by atoms with E-state index in [1.165, 1.54) is 4.68 Å². The van der Waals surface area contributed by atoms with Crippen LogP contribution in [0.5, 0.6) is 0 Å². The van der Waals surface area contributed by atoms with E-state index in [0.717, 1.165) is 5.52 Å². The predicted molar refractivity (Wildman–Crippen MR) is 66.3 cm³/mol. The van der Waals surface area contributed by atoms with E-state index in [1.807, 2.05) is 4.40 Å². The van der Waals surface area contributed by atoms with E-state index in [0.29, 0.717) is 17.1 Å². The predicted octanol–water partition coefficient (Wildman–Crippen LogP) is 1.11. The number of nitrogens with zero attached hydrogens (tertiary/aromatic N) is 4. The average molecular weight is 241 g/mol. The molecule has 3 heterocycles. The first-order chi connectivity index (χ1) is 8.65. The van der Waals surface area contributed by atoms with Gasteiger partial charge in [-0.2, -0.15) is 9.78 Å². The van der Waals surface area contributed by atoms with E-state index in [2.05, 4.69) is 10.1 Å². The molecule has 0 unspecified atom stereocenters. The van der Waals surface area contributed by atoms with Crippen molar-refractivity contribution < 1.29 is 4.79 Å². The molecule has 0 aromatic carbocycles. The fraction of sp³-hybridized carbons (Fsp3) is 0.0833. The number of anilines is 1. The summed E-state index contributed by atoms with van der Waals surface area (Å²) in [4.78, 5) is 16.2. The van der Waals surface area contributed by atoms with Gasteiger partial charge in [0.1, 0.15) is 5.82 Å². The number of fused-ring (bicyclic) bond motifs is 1. The standard InChI is InChI=1S/C12H11N5O/c1-8-4-11(13)17(15-8)12(18)9-2-3-16-7-14-6-10(16)5-9/h2-7H,13H2,1H3. The summed E-state index contributed by atoms with van der Waals surface area (Å²) >= 11 is 0. The van der Waals surface area contributed by atoms with Crippen molar-refractivity contribution in [2.75, 3.05) is 5.73 Å². The van der Waals surface area contributed by atoms with Gasteiger partial charge in [0.15, 0.2) is 0 Å². The Balaban J connectivity index is 2.08. The van der Waals surface area contributed by atoms with E-state index in [9.17, 15) is 4.79 Å². The number of aromatic nitrogens is 4. The van der Waals surface area contributed by atoms with Crippen molar-refractivity contribution in [3.63, 3.8) is 0 Å². The maximum absolute atomic E-state index is 12.2. The van der Waals surface area contributed by atoms with Crippen LogP contribution >= 0.6 is 0 Å². The number of carbonyl (C=O) groups excluding carboxylic acids is 1. The lowest BCUT2D eigenvalue weighted by atomic mass is 10.2. The van der Waals surface area contributed by atoms with Crippen LogP contribution < -0.4 is 5.73 Å². The minimum absolute atomic E-state index is 0.246. The highest BCUT2D eigenvalue weighted by Gasteiger charge is 2.13. The summed E-state index contributed by atoms with van der Waals surface area (Å²) < 4.78 is 3.03. The van der Waals surface area contributed by atoms with Gasteiger partial charge in [-0.15, -0.1) is 0 Å². The van der Waals surface area contributed by atoms with Gasteiger partial charge in [-0.3, -0.25) is 4.79 Å². The highest BCUT2D eigenvalue weighted by Crippen LogP contribution is 2.12. The lowest BCUT2D eigenvalue weighted by molar-refractivity contribution is 0.0947. The van der Waals surface area contributed by atoms with Gasteiger partial charge in [-0.1, -0.05) is 0 Å². The molecule has 90 valence electrons. The summed E-state index contributed by atoms with van der Waals surface area (Å²) in [5.74, 6) is 0.0928. The molecular weight excluding hydrogens is 230 g/mol. The Morgan fingerprint density at radius 2 is 2.22 bits per heavy atom. The maximum atomic E-state index is 12.2. The second kappa shape index (κ2) is 3.69. The molecule has 0 bridgehead atoms. The van der Waals surface area contributed by atoms with E-state index in [4.69, 9.17) is 5.73 Å². The zero-order valence-electron chi connectivity index (χ0n) is 9.74. The summed E-state index contributed by atoms with van der Waals surface area (Å²) in [5.41, 5.74) is 7.82. The van der Waals surface area contributed by atoms with Gasteiger partial charge in [0.05, 0.1) is 23.7 Å². The number of pyridine rings is 1. The molecule has 0 aliphatic carbocycles. The van der Waals surface area contributed by atoms with Crippen LogP contribution in [0.25, 0.3) is 5.52 Å². The molecule has 0 fully saturated rings. The smallest absolute Gasteiger partial charge is 0.280 e. The van der Waals surface area contributed by atoms with Crippen molar-refractivity contribution in [3.8, 4) is 0 Å². The van der Waals surface area contributed by atoms with Crippen LogP contribution in [-0.2, 0) is 0 Å². The minimum Gasteiger partial charge on any atom is -0.383 e. The fourth-order valence-corrected chi connectivity index (χ4v) is 1.86. The van der Waals surface area contributed by atoms with Crippen LogP contribution in [0, 0.1) is 6.92 Å². The zero-order chi connectivity index (χ0) is 12.7. The molecular formula is C12H11N5O. The molecule has 0 spiro atoms. The largest absolute Gasteiger partial charge is 0.383 e. The summed E-state index contributed by atoms with van der Waals surface area (Å²) in [6, 6.07) is 5.13. The number of hydrogen-bond acceptors (Lipinski definition) is 4. The molecule has 0 saturated carbocycles. The van der Waals surface area contributed by atoms with Crippen LogP contribution in [0.3, 0.4) is 0 Å². The third-order valence-corrected chi connectivity index (χ3v) is 2.71. The second-order valence-electron chi connectivity index (χ2n) is 4.07. The van der Waals surface area contributed by atoms with Gasteiger partial charge in [0.2, 0.25) is 0 Å². The Bertz CT molecular complexity index is 740. The molecule has 3 aromatic heterocycles. The molecule has 0 aliphatic heterocycles. The maximum Gasteiger partial charge on any atom is 0.280 e. The number of hydrogen-bond donors (Lipinski definition) is 1. The first-order valence-corrected chi connectivity index (χ1v) is 5.44. The third kappa shape index (κ3) is 1.55. The Hall–Kier alpha value is -2.63. The second-order valence-corrected chi connectivity index (χ2v) is 4.07. The van der Waals surface area contributed by atoms with E-state index in [1.54, 1.807) is 43.8 Å². The molecule has 3 aromatic rings. The lowest BCUT2D eigenvalue weighted by Crippen LogP contribution is -2.16. The van der Waals surface area contributed by atoms with Crippen LogP contribution in [-0.4, -0.2) is 25.1 Å². The molecule has 6 heteroatoms. The van der Waals surface area contributed by atoms with Crippen LogP contribution in [0.15, 0.2) is 36.9 Å². The summed E-state index contributed by atoms with van der Waals surface area (Å²) in [6.07, 6.45) is 5.15. The molecule has 2 N–H and O–H groups in total. The van der Waals surface area contributed by atoms with E-state index >= 15 is 0 Å². The third-order valence-electron chi connectivity index (χ3n) is 2.71. The quantitative estimate of drug-likeness (QED) is 0.692. The summed E-state index contributed by atoms with van der Waals surface area (Å²) in [6.45, 7) is 1.79. The summed E-state index contributed by atoms with van der Waals surface area (Å²) in [7, 11) is 0. The van der Waals surface area contributed by atoms with Gasteiger partial charge in [-0.25, -0.2) is 4.98 Å². The number of rotatable bonds is 1. The number of aryl methyl sites for hydroxylation is 1. The Kier molecular flexibility index (Phi) is 2.16. The van der Waals surface area contributed by atoms with Crippen molar-refractivity contribution in [3.05, 3.63) is 48.2 Å². The van der Waals surface area contributed by atoms with Crippen LogP contribution in [0.1, 0.15) is 16.1 Å². The van der Waals surface area contributed by atoms with Gasteiger partial charge >= 0.3 is 0 Å². The Labute approximate surface area is 103 Å². The fourth-order valence-electron chi connectivity index (χ4n) is 1.86. The number of imidazole rings is 1. The SMILES string of the molecule is Cc1cc(N)n(C(=O)c2ccn3cncc3c2)n1. The molecule has 0 amide bonds. The van der Waals surface area contributed by atoms with Crippen molar-refractivity contribution in [2.24, 2.45) is 0 Å². The first-order valence-electron chi connectivity index (χ1n) is 5.44. The highest BCUT2D eigenvalue weighted by atomic mass is 16.2. The van der Waals surface area contributed by atoms with Crippen molar-refractivity contribution in [1.29, 1.82) is 0 Å². The normalized spacial score (nSPS) is 10.9. The molecule has 0 atom stereocenters. The Morgan fingerprint density at radius 3 is 2.94 bits per heavy atom. The molecule has 6 nitrogen and oxygen atoms in total. The minimum atomic E-state index is -0.246. The van der Waals surface area contributed by atoms with Crippen molar-refractivity contribution in [1.82, 2.24) is 19.2 Å². The molecule has 18 heavy (non-hydrogen) atoms. The van der Waals surface area contributed by atoms with Gasteiger partial charge in [0.25, 0.3) is 5.91 Å². The number of carbonyl (C=O) groups is 1. The first kappa shape index (κ1) is 10.5. The zero-order valence-corrected chi connectivity index (χ0v) is 9.74. The molecule has 0 saturated heterocycles. The Morgan fingerprint density at radius 1 is 1.39 bits per heavy atom. The monoisotopic (exact) mass is 241 g/mol. The van der Waals surface area contributed by atoms with Gasteiger partial charge in [-0.05, 0) is 19.1 Å². The average Bonchev–Trinajstić information content (AvgIpc) is 2.93. The van der Waals surface area contributed by atoms with Crippen LogP contribution in [0.2, 0.25) is 0 Å². The molecule has 0 radical (unpaired) electrons. The number of nitrogens with two attached hydrogens (primary N) is 1. The number of nitrogen functional groups attached to an aromatic ring is 1.